The molecule has 0 radical (unpaired) electrons. The second-order valence-corrected chi connectivity index (χ2v) is 10.2. The highest BCUT2D eigenvalue weighted by Crippen LogP contribution is 2.42. The maximum atomic E-state index is 14.0. The number of benzene rings is 3. The normalized spacial score (nSPS) is 14.2. The fraction of sp³-hybridized carbons (Fsp3) is 0.280. The van der Waals surface area contributed by atoms with Crippen molar-refractivity contribution in [2.45, 2.75) is 36.9 Å². The smallest absolute Gasteiger partial charge is 0.376 e. The molecule has 3 aromatic carbocycles. The third kappa shape index (κ3) is 5.39. The molecule has 0 aliphatic rings. The van der Waals surface area contributed by atoms with E-state index in [1.165, 1.54) is 40.7 Å². The Hall–Kier alpha value is -2.84. The van der Waals surface area contributed by atoms with Gasteiger partial charge >= 0.3 is 6.18 Å². The number of rotatable bonds is 8. The van der Waals surface area contributed by atoms with Gasteiger partial charge in [0, 0.05) is 13.0 Å². The Morgan fingerprint density at radius 3 is 1.85 bits per heavy atom. The van der Waals surface area contributed by atoms with Crippen LogP contribution in [0.15, 0.2) is 89.8 Å². The number of alkyl halides is 3. The van der Waals surface area contributed by atoms with Crippen LogP contribution in [-0.4, -0.2) is 26.2 Å². The van der Waals surface area contributed by atoms with Crippen LogP contribution in [0.1, 0.15) is 25.0 Å². The molecule has 0 bridgehead atoms. The van der Waals surface area contributed by atoms with Gasteiger partial charge in [0.05, 0.1) is 10.6 Å². The number of hydrogen-bond donors (Lipinski definition) is 1. The molecule has 1 N–H and O–H groups in total. The lowest BCUT2D eigenvalue weighted by atomic mass is 9.86. The van der Waals surface area contributed by atoms with Gasteiger partial charge < -0.3 is 5.11 Å². The quantitative estimate of drug-likeness (QED) is 0.464. The van der Waals surface area contributed by atoms with Crippen LogP contribution < -0.4 is 4.31 Å². The van der Waals surface area contributed by atoms with E-state index < -0.39 is 28.2 Å². The molecule has 33 heavy (non-hydrogen) atoms. The summed E-state index contributed by atoms with van der Waals surface area (Å²) in [7, 11) is -3.93. The standard InChI is InChI=1S/C25H26F3NO3S/c1-19(2)18-29(33(31,32)23-11-7-4-8-12-23)22-15-13-21(14-16-22)24(30,25(26,27)28)17-20-9-5-3-6-10-20/h3-16,19,30H,17-18H2,1-2H3. The minimum Gasteiger partial charge on any atom is -0.376 e. The number of aliphatic hydroxyl groups is 1. The Bertz CT molecular complexity index is 1150. The third-order valence-electron chi connectivity index (χ3n) is 5.27. The van der Waals surface area contributed by atoms with Gasteiger partial charge in [0.15, 0.2) is 5.60 Å². The molecule has 0 fully saturated rings. The maximum Gasteiger partial charge on any atom is 0.421 e. The molecule has 0 spiro atoms. The van der Waals surface area contributed by atoms with Crippen molar-refractivity contribution in [3.05, 3.63) is 96.1 Å². The van der Waals surface area contributed by atoms with E-state index in [1.54, 1.807) is 36.4 Å². The van der Waals surface area contributed by atoms with Crippen LogP contribution in [0.25, 0.3) is 0 Å². The van der Waals surface area contributed by atoms with Crippen LogP contribution in [0.3, 0.4) is 0 Å². The van der Waals surface area contributed by atoms with Crippen molar-refractivity contribution in [1.82, 2.24) is 0 Å². The van der Waals surface area contributed by atoms with Crippen LogP contribution in [-0.2, 0) is 22.0 Å². The summed E-state index contributed by atoms with van der Waals surface area (Å²) in [6.45, 7) is 3.85. The van der Waals surface area contributed by atoms with Crippen molar-refractivity contribution in [2.75, 3.05) is 10.8 Å². The number of hydrogen-bond acceptors (Lipinski definition) is 3. The molecule has 1 atom stereocenters. The Morgan fingerprint density at radius 1 is 0.848 bits per heavy atom. The predicted molar refractivity (Wildman–Crippen MR) is 122 cm³/mol. The van der Waals surface area contributed by atoms with E-state index in [9.17, 15) is 26.7 Å². The van der Waals surface area contributed by atoms with E-state index in [0.717, 1.165) is 12.1 Å². The van der Waals surface area contributed by atoms with Crippen molar-refractivity contribution in [2.24, 2.45) is 5.92 Å². The molecule has 0 aliphatic heterocycles. The number of anilines is 1. The van der Waals surface area contributed by atoms with Gasteiger partial charge in [-0.05, 0) is 41.3 Å². The van der Waals surface area contributed by atoms with Crippen LogP contribution >= 0.6 is 0 Å². The third-order valence-corrected chi connectivity index (χ3v) is 7.07. The van der Waals surface area contributed by atoms with Gasteiger partial charge in [0.2, 0.25) is 0 Å². The Morgan fingerprint density at radius 2 is 1.36 bits per heavy atom. The minimum atomic E-state index is -4.93. The fourth-order valence-corrected chi connectivity index (χ4v) is 5.20. The summed E-state index contributed by atoms with van der Waals surface area (Å²) in [4.78, 5) is 0.0885. The van der Waals surface area contributed by atoms with E-state index in [0.29, 0.717) is 5.56 Å². The summed E-state index contributed by atoms with van der Waals surface area (Å²) in [5.74, 6) is -0.0339. The second kappa shape index (κ2) is 9.57. The predicted octanol–water partition coefficient (Wildman–Crippen LogP) is 5.53. The van der Waals surface area contributed by atoms with E-state index >= 15 is 0 Å². The molecule has 3 aromatic rings. The highest BCUT2D eigenvalue weighted by molar-refractivity contribution is 7.92. The van der Waals surface area contributed by atoms with Gasteiger partial charge in [-0.2, -0.15) is 13.2 Å². The molecule has 1 unspecified atom stereocenters. The summed E-state index contributed by atoms with van der Waals surface area (Å²) >= 11 is 0. The SMILES string of the molecule is CC(C)CN(c1ccc(C(O)(Cc2ccccc2)C(F)(F)F)cc1)S(=O)(=O)c1ccccc1. The van der Waals surface area contributed by atoms with Crippen LogP contribution in [0.4, 0.5) is 18.9 Å². The summed E-state index contributed by atoms with van der Waals surface area (Å²) < 4.78 is 69.6. The first-order valence-corrected chi connectivity index (χ1v) is 11.9. The highest BCUT2D eigenvalue weighted by Gasteiger charge is 2.54. The summed E-state index contributed by atoms with van der Waals surface area (Å²) in [6.07, 6.45) is -5.59. The topological polar surface area (TPSA) is 57.6 Å². The fourth-order valence-electron chi connectivity index (χ4n) is 3.55. The Balaban J connectivity index is 2.02. The van der Waals surface area contributed by atoms with Gasteiger partial charge in [-0.3, -0.25) is 4.31 Å². The lowest BCUT2D eigenvalue weighted by molar-refractivity contribution is -0.266. The lowest BCUT2D eigenvalue weighted by Crippen LogP contribution is -2.44. The van der Waals surface area contributed by atoms with Crippen molar-refractivity contribution in [1.29, 1.82) is 0 Å². The average Bonchev–Trinajstić information content (AvgIpc) is 2.78. The monoisotopic (exact) mass is 477 g/mol. The van der Waals surface area contributed by atoms with Crippen LogP contribution in [0.2, 0.25) is 0 Å². The molecule has 0 saturated heterocycles. The molecule has 3 rings (SSSR count). The molecular weight excluding hydrogens is 451 g/mol. The summed E-state index contributed by atoms with van der Waals surface area (Å²) in [6, 6.07) is 20.7. The van der Waals surface area contributed by atoms with E-state index in [2.05, 4.69) is 0 Å². The minimum absolute atomic E-state index is 0.0339. The van der Waals surface area contributed by atoms with Gasteiger partial charge in [0.25, 0.3) is 10.0 Å². The summed E-state index contributed by atoms with van der Waals surface area (Å²) in [5.41, 5.74) is -2.92. The molecule has 0 amide bonds. The number of sulfonamides is 1. The first-order chi connectivity index (χ1) is 15.4. The molecule has 0 aromatic heterocycles. The van der Waals surface area contributed by atoms with E-state index in [4.69, 9.17) is 0 Å². The van der Waals surface area contributed by atoms with Gasteiger partial charge in [-0.1, -0.05) is 74.5 Å². The van der Waals surface area contributed by atoms with Crippen molar-refractivity contribution in [3.8, 4) is 0 Å². The maximum absolute atomic E-state index is 14.0. The van der Waals surface area contributed by atoms with E-state index in [-0.39, 0.29) is 28.6 Å². The second-order valence-electron chi connectivity index (χ2n) is 8.31. The summed E-state index contributed by atoms with van der Waals surface area (Å²) in [5, 5.41) is 10.7. The molecule has 8 heteroatoms. The number of halogens is 3. The molecule has 176 valence electrons. The molecule has 0 saturated carbocycles. The first-order valence-electron chi connectivity index (χ1n) is 10.5. The lowest BCUT2D eigenvalue weighted by Gasteiger charge is -2.32. The van der Waals surface area contributed by atoms with Crippen molar-refractivity contribution < 1.29 is 26.7 Å². The Labute approximate surface area is 192 Å². The molecule has 0 heterocycles. The zero-order chi connectivity index (χ0) is 24.3. The van der Waals surface area contributed by atoms with E-state index in [1.807, 2.05) is 13.8 Å². The Kier molecular flexibility index (Phi) is 7.19. The van der Waals surface area contributed by atoms with Crippen molar-refractivity contribution in [3.63, 3.8) is 0 Å². The molecular formula is C25H26F3NO3S. The molecule has 4 nitrogen and oxygen atoms in total. The van der Waals surface area contributed by atoms with Gasteiger partial charge in [-0.15, -0.1) is 0 Å². The average molecular weight is 478 g/mol. The van der Waals surface area contributed by atoms with Gasteiger partial charge in [-0.25, -0.2) is 8.42 Å². The zero-order valence-electron chi connectivity index (χ0n) is 18.3. The largest absolute Gasteiger partial charge is 0.421 e. The first kappa shape index (κ1) is 24.8. The van der Waals surface area contributed by atoms with Crippen LogP contribution in [0.5, 0.6) is 0 Å². The van der Waals surface area contributed by atoms with Crippen LogP contribution in [0, 0.1) is 5.92 Å². The highest BCUT2D eigenvalue weighted by atomic mass is 32.2. The van der Waals surface area contributed by atoms with Gasteiger partial charge in [0.1, 0.15) is 0 Å². The number of nitrogens with zero attached hydrogens (tertiary/aromatic N) is 1. The van der Waals surface area contributed by atoms with Crippen molar-refractivity contribution >= 4 is 15.7 Å². The zero-order valence-corrected chi connectivity index (χ0v) is 19.1. The molecule has 0 aliphatic carbocycles.